The van der Waals surface area contributed by atoms with Gasteiger partial charge in [0, 0.05) is 16.9 Å². The molecule has 1 atom stereocenters. The number of aromatic nitrogens is 2. The minimum atomic E-state index is -0.261. The van der Waals surface area contributed by atoms with Crippen molar-refractivity contribution in [2.75, 3.05) is 12.0 Å². The Morgan fingerprint density at radius 2 is 1.80 bits per heavy atom. The van der Waals surface area contributed by atoms with E-state index in [1.165, 1.54) is 5.56 Å². The Bertz CT molecular complexity index is 1380. The molecule has 0 bridgehead atoms. The number of nitrogens with one attached hydrogen (secondary N) is 1. The van der Waals surface area contributed by atoms with Gasteiger partial charge in [-0.05, 0) is 61.0 Å². The fourth-order valence-corrected chi connectivity index (χ4v) is 4.69. The van der Waals surface area contributed by atoms with Gasteiger partial charge in [0.15, 0.2) is 5.11 Å². The van der Waals surface area contributed by atoms with Crippen molar-refractivity contribution in [3.8, 4) is 17.1 Å². The highest BCUT2D eigenvalue weighted by molar-refractivity contribution is 7.80. The number of anilines is 1. The summed E-state index contributed by atoms with van der Waals surface area (Å²) in [5.74, 6) is 1.78. The van der Waals surface area contributed by atoms with Gasteiger partial charge in [0.25, 0.3) is 5.89 Å². The lowest BCUT2D eigenvalue weighted by atomic mass is 9.94. The quantitative estimate of drug-likeness (QED) is 0.330. The van der Waals surface area contributed by atoms with Crippen molar-refractivity contribution in [3.05, 3.63) is 102 Å². The number of rotatable bonds is 6. The number of nitrogens with zero attached hydrogens (tertiary/aromatic N) is 3. The third kappa shape index (κ3) is 4.42. The van der Waals surface area contributed by atoms with Crippen molar-refractivity contribution in [2.45, 2.75) is 26.3 Å². The summed E-state index contributed by atoms with van der Waals surface area (Å²) in [6.45, 7) is 4.19. The van der Waals surface area contributed by atoms with E-state index in [2.05, 4.69) is 41.7 Å². The Balaban J connectivity index is 1.65. The van der Waals surface area contributed by atoms with Gasteiger partial charge in [-0.1, -0.05) is 66.7 Å². The molecule has 1 N–H and O–H groups in total. The predicted octanol–water partition coefficient (Wildman–Crippen LogP) is 6.17. The molecule has 1 aliphatic heterocycles. The molecule has 0 fully saturated rings. The second-order valence-electron chi connectivity index (χ2n) is 8.30. The average Bonchev–Trinajstić information content (AvgIpc) is 3.39. The van der Waals surface area contributed by atoms with Gasteiger partial charge < -0.3 is 14.6 Å². The first-order valence-corrected chi connectivity index (χ1v) is 11.9. The van der Waals surface area contributed by atoms with Crippen molar-refractivity contribution in [1.82, 2.24) is 15.5 Å². The molecule has 35 heavy (non-hydrogen) atoms. The first-order valence-electron chi connectivity index (χ1n) is 11.5. The zero-order chi connectivity index (χ0) is 24.4. The van der Waals surface area contributed by atoms with E-state index in [0.717, 1.165) is 40.3 Å². The molecule has 6 nitrogen and oxygen atoms in total. The summed E-state index contributed by atoms with van der Waals surface area (Å²) in [5.41, 5.74) is 5.96. The van der Waals surface area contributed by atoms with Gasteiger partial charge in [0.1, 0.15) is 5.75 Å². The molecule has 0 amide bonds. The van der Waals surface area contributed by atoms with Crippen LogP contribution in [-0.2, 0) is 6.42 Å². The Hall–Kier alpha value is -3.97. The van der Waals surface area contributed by atoms with E-state index in [1.54, 1.807) is 7.11 Å². The smallest absolute Gasteiger partial charge is 0.258 e. The molecule has 3 aromatic carbocycles. The average molecular weight is 483 g/mol. The Kier molecular flexibility index (Phi) is 6.33. The number of hydrogen-bond acceptors (Lipinski definition) is 5. The molecule has 176 valence electrons. The third-order valence-electron chi connectivity index (χ3n) is 6.20. The second-order valence-corrected chi connectivity index (χ2v) is 8.69. The lowest BCUT2D eigenvalue weighted by Crippen LogP contribution is -2.46. The molecule has 1 unspecified atom stereocenters. The Labute approximate surface area is 210 Å². The number of aryl methyl sites for hydroxylation is 1. The van der Waals surface area contributed by atoms with Crippen molar-refractivity contribution >= 4 is 28.6 Å². The minimum absolute atomic E-state index is 0.261. The summed E-state index contributed by atoms with van der Waals surface area (Å²) in [5, 5.41) is 8.41. The lowest BCUT2D eigenvalue weighted by Gasteiger charge is -2.37. The maximum absolute atomic E-state index is 5.87. The van der Waals surface area contributed by atoms with Crippen LogP contribution in [-0.4, -0.2) is 22.4 Å². The molecule has 0 saturated heterocycles. The molecule has 7 heteroatoms. The maximum atomic E-state index is 5.87. The molecule has 5 rings (SSSR count). The third-order valence-corrected chi connectivity index (χ3v) is 6.50. The SMILES string of the molecule is CCc1cccc(N2C(=S)NC(c3ccc(OC)cc3)C(c3nc(-c4ccccc4)no3)=C2C)c1. The monoisotopic (exact) mass is 482 g/mol. The van der Waals surface area contributed by atoms with E-state index in [1.807, 2.05) is 66.4 Å². The zero-order valence-electron chi connectivity index (χ0n) is 19.9. The van der Waals surface area contributed by atoms with Crippen LogP contribution in [0.5, 0.6) is 5.75 Å². The van der Waals surface area contributed by atoms with Crippen LogP contribution in [0.25, 0.3) is 17.0 Å². The number of allylic oxidation sites excluding steroid dienone is 1. The van der Waals surface area contributed by atoms with Crippen molar-refractivity contribution in [3.63, 3.8) is 0 Å². The van der Waals surface area contributed by atoms with Gasteiger partial charge in [-0.2, -0.15) is 4.98 Å². The number of methoxy groups -OCH3 is 1. The summed E-state index contributed by atoms with van der Waals surface area (Å²) in [4.78, 5) is 6.82. The topological polar surface area (TPSA) is 63.4 Å². The highest BCUT2D eigenvalue weighted by Crippen LogP contribution is 2.39. The van der Waals surface area contributed by atoms with Crippen molar-refractivity contribution in [1.29, 1.82) is 0 Å². The van der Waals surface area contributed by atoms with Crippen molar-refractivity contribution < 1.29 is 9.26 Å². The van der Waals surface area contributed by atoms with Crippen LogP contribution >= 0.6 is 12.2 Å². The Morgan fingerprint density at radius 1 is 1.03 bits per heavy atom. The number of hydrogen-bond donors (Lipinski definition) is 1. The van der Waals surface area contributed by atoms with Crippen LogP contribution in [0, 0.1) is 0 Å². The highest BCUT2D eigenvalue weighted by Gasteiger charge is 2.34. The van der Waals surface area contributed by atoms with Crippen molar-refractivity contribution in [2.24, 2.45) is 0 Å². The highest BCUT2D eigenvalue weighted by atomic mass is 32.1. The van der Waals surface area contributed by atoms with Gasteiger partial charge in [-0.15, -0.1) is 0 Å². The molecule has 0 saturated carbocycles. The number of ether oxygens (including phenoxy) is 1. The maximum Gasteiger partial charge on any atom is 0.258 e. The van der Waals surface area contributed by atoms with E-state index in [4.69, 9.17) is 26.5 Å². The van der Waals surface area contributed by atoms with Gasteiger partial charge >= 0.3 is 0 Å². The Morgan fingerprint density at radius 3 is 2.51 bits per heavy atom. The molecule has 0 spiro atoms. The molecule has 1 aliphatic rings. The van der Waals surface area contributed by atoms with Crippen LogP contribution in [0.4, 0.5) is 5.69 Å². The fraction of sp³-hybridized carbons (Fsp3) is 0.179. The number of thiocarbonyl (C=S) groups is 1. The van der Waals surface area contributed by atoms with E-state index in [0.29, 0.717) is 16.8 Å². The standard InChI is InChI=1S/C28H26N4O2S/c1-4-19-9-8-12-22(17-19)32-18(2)24(27-30-26(31-34-27)21-10-6-5-7-11-21)25(29-28(32)35)20-13-15-23(33-3)16-14-20/h5-17,25H,4H2,1-3H3,(H,29,35). The lowest BCUT2D eigenvalue weighted by molar-refractivity contribution is 0.404. The molecule has 4 aromatic rings. The predicted molar refractivity (Wildman–Crippen MR) is 142 cm³/mol. The molecule has 2 heterocycles. The molecule has 1 aromatic heterocycles. The van der Waals surface area contributed by atoms with E-state index >= 15 is 0 Å². The van der Waals surface area contributed by atoms with E-state index in [9.17, 15) is 0 Å². The normalized spacial score (nSPS) is 15.8. The minimum Gasteiger partial charge on any atom is -0.497 e. The summed E-state index contributed by atoms with van der Waals surface area (Å²) in [6.07, 6.45) is 0.941. The first-order chi connectivity index (χ1) is 17.1. The van der Waals surface area contributed by atoms with Crippen LogP contribution < -0.4 is 15.0 Å². The van der Waals surface area contributed by atoms with E-state index in [-0.39, 0.29) is 6.04 Å². The van der Waals surface area contributed by atoms with Gasteiger partial charge in [-0.25, -0.2) is 0 Å². The molecule has 0 radical (unpaired) electrons. The summed E-state index contributed by atoms with van der Waals surface area (Å²) < 4.78 is 11.2. The number of benzene rings is 3. The fourth-order valence-electron chi connectivity index (χ4n) is 4.33. The summed E-state index contributed by atoms with van der Waals surface area (Å²) >= 11 is 5.87. The van der Waals surface area contributed by atoms with Gasteiger partial charge in [0.05, 0.1) is 18.7 Å². The zero-order valence-corrected chi connectivity index (χ0v) is 20.7. The summed E-state index contributed by atoms with van der Waals surface area (Å²) in [6, 6.07) is 25.9. The summed E-state index contributed by atoms with van der Waals surface area (Å²) in [7, 11) is 1.66. The van der Waals surface area contributed by atoms with Crippen LogP contribution in [0.15, 0.2) is 89.1 Å². The second kappa shape index (κ2) is 9.72. The van der Waals surface area contributed by atoms with Gasteiger partial charge in [-0.3, -0.25) is 4.90 Å². The van der Waals surface area contributed by atoms with Crippen LogP contribution in [0.2, 0.25) is 0 Å². The molecular weight excluding hydrogens is 456 g/mol. The van der Waals surface area contributed by atoms with Gasteiger partial charge in [0.2, 0.25) is 5.82 Å². The molecular formula is C28H26N4O2S. The first kappa shape index (κ1) is 22.8. The molecule has 0 aliphatic carbocycles. The van der Waals surface area contributed by atoms with E-state index < -0.39 is 0 Å². The van der Waals surface area contributed by atoms with Crippen LogP contribution in [0.3, 0.4) is 0 Å². The largest absolute Gasteiger partial charge is 0.497 e. The van der Waals surface area contributed by atoms with Crippen LogP contribution in [0.1, 0.15) is 36.9 Å².